The molecule has 0 spiro atoms. The summed E-state index contributed by atoms with van der Waals surface area (Å²) in [4.78, 5) is 28.4. The van der Waals surface area contributed by atoms with E-state index in [1.807, 2.05) is 0 Å². The van der Waals surface area contributed by atoms with Gasteiger partial charge in [-0.3, -0.25) is 9.59 Å². The number of nitrogens with one attached hydrogen (secondary N) is 2. The Morgan fingerprint density at radius 2 is 2.41 bits per heavy atom. The summed E-state index contributed by atoms with van der Waals surface area (Å²) in [5.41, 5.74) is -0.394. The lowest BCUT2D eigenvalue weighted by atomic mass is 10.3. The van der Waals surface area contributed by atoms with E-state index < -0.39 is 5.56 Å². The number of aromatic nitrogens is 2. The van der Waals surface area contributed by atoms with Crippen molar-refractivity contribution in [3.63, 3.8) is 0 Å². The van der Waals surface area contributed by atoms with Crippen LogP contribution >= 0.6 is 11.6 Å². The molecule has 0 unspecified atom stereocenters. The Balaban J connectivity index is 2.34. The number of esters is 1. The number of aromatic amines is 1. The lowest BCUT2D eigenvalue weighted by molar-refractivity contribution is -0.143. The molecule has 7 heteroatoms. The highest BCUT2D eigenvalue weighted by Gasteiger charge is 2.05. The molecule has 0 saturated heterocycles. The molecule has 17 heavy (non-hydrogen) atoms. The molecule has 0 aliphatic heterocycles. The molecule has 1 rings (SSSR count). The van der Waals surface area contributed by atoms with Crippen LogP contribution in [0.1, 0.15) is 19.8 Å². The van der Waals surface area contributed by atoms with E-state index in [1.165, 1.54) is 6.33 Å². The second kappa shape index (κ2) is 6.90. The Hall–Kier alpha value is -1.56. The number of nitrogens with zero attached hydrogens (tertiary/aromatic N) is 1. The highest BCUT2D eigenvalue weighted by Crippen LogP contribution is 2.11. The number of halogens is 1. The van der Waals surface area contributed by atoms with E-state index >= 15 is 0 Å². The van der Waals surface area contributed by atoms with Crippen molar-refractivity contribution < 1.29 is 9.53 Å². The zero-order chi connectivity index (χ0) is 12.7. The smallest absolute Gasteiger partial charge is 0.305 e. The number of ether oxygens (including phenoxy) is 1. The van der Waals surface area contributed by atoms with Crippen LogP contribution in [0.4, 0.5) is 5.82 Å². The Morgan fingerprint density at radius 1 is 1.65 bits per heavy atom. The van der Waals surface area contributed by atoms with Crippen molar-refractivity contribution >= 4 is 23.4 Å². The fourth-order valence-electron chi connectivity index (χ4n) is 1.18. The molecular weight excluding hydrogens is 246 g/mol. The normalized spacial score (nSPS) is 10.0. The lowest BCUT2D eigenvalue weighted by Gasteiger charge is -2.05. The van der Waals surface area contributed by atoms with Gasteiger partial charge in [0.25, 0.3) is 5.56 Å². The van der Waals surface area contributed by atoms with Gasteiger partial charge in [0.15, 0.2) is 5.82 Å². The summed E-state index contributed by atoms with van der Waals surface area (Å²) in [6, 6.07) is 0. The van der Waals surface area contributed by atoms with Gasteiger partial charge in [-0.1, -0.05) is 11.6 Å². The van der Waals surface area contributed by atoms with Crippen LogP contribution in [0.25, 0.3) is 0 Å². The Kier molecular flexibility index (Phi) is 5.48. The predicted molar refractivity (Wildman–Crippen MR) is 64.2 cm³/mol. The molecule has 0 saturated carbocycles. The van der Waals surface area contributed by atoms with E-state index in [0.29, 0.717) is 31.8 Å². The first-order valence-corrected chi connectivity index (χ1v) is 5.65. The zero-order valence-electron chi connectivity index (χ0n) is 9.46. The van der Waals surface area contributed by atoms with Gasteiger partial charge in [0.2, 0.25) is 0 Å². The van der Waals surface area contributed by atoms with Crippen LogP contribution in [0.5, 0.6) is 0 Å². The van der Waals surface area contributed by atoms with Crippen molar-refractivity contribution in [2.24, 2.45) is 0 Å². The van der Waals surface area contributed by atoms with E-state index in [-0.39, 0.29) is 11.0 Å². The number of H-pyrrole nitrogens is 1. The molecule has 0 bridgehead atoms. The molecule has 1 heterocycles. The average Bonchev–Trinajstić information content (AvgIpc) is 2.30. The largest absolute Gasteiger partial charge is 0.466 e. The van der Waals surface area contributed by atoms with Gasteiger partial charge in [-0.25, -0.2) is 4.98 Å². The summed E-state index contributed by atoms with van der Waals surface area (Å²) < 4.78 is 4.77. The van der Waals surface area contributed by atoms with E-state index in [4.69, 9.17) is 16.3 Å². The van der Waals surface area contributed by atoms with Crippen LogP contribution in [0.15, 0.2) is 11.1 Å². The monoisotopic (exact) mass is 259 g/mol. The quantitative estimate of drug-likeness (QED) is 0.592. The van der Waals surface area contributed by atoms with Crippen molar-refractivity contribution in [2.45, 2.75) is 19.8 Å². The maximum Gasteiger partial charge on any atom is 0.305 e. The molecule has 0 amide bonds. The zero-order valence-corrected chi connectivity index (χ0v) is 10.2. The molecular formula is C10H14ClN3O3. The fraction of sp³-hybridized carbons (Fsp3) is 0.500. The minimum absolute atomic E-state index is 0.0173. The van der Waals surface area contributed by atoms with Crippen LogP contribution in [0, 0.1) is 0 Å². The summed E-state index contributed by atoms with van der Waals surface area (Å²) in [5, 5.41) is 2.90. The first-order chi connectivity index (χ1) is 8.15. The third kappa shape index (κ3) is 4.44. The van der Waals surface area contributed by atoms with Crippen molar-refractivity contribution in [3.05, 3.63) is 21.7 Å². The summed E-state index contributed by atoms with van der Waals surface area (Å²) >= 11 is 5.72. The Bertz CT molecular complexity index is 433. The molecule has 0 aromatic carbocycles. The van der Waals surface area contributed by atoms with Gasteiger partial charge in [-0.05, 0) is 13.3 Å². The van der Waals surface area contributed by atoms with Crippen LogP contribution in [-0.4, -0.2) is 29.1 Å². The second-order valence-electron chi connectivity index (χ2n) is 3.23. The lowest BCUT2D eigenvalue weighted by Crippen LogP contribution is -2.13. The van der Waals surface area contributed by atoms with Crippen LogP contribution in [0.3, 0.4) is 0 Å². The van der Waals surface area contributed by atoms with Crippen molar-refractivity contribution in [2.75, 3.05) is 18.5 Å². The van der Waals surface area contributed by atoms with Crippen molar-refractivity contribution in [1.82, 2.24) is 9.97 Å². The van der Waals surface area contributed by atoms with E-state index in [0.717, 1.165) is 0 Å². The molecule has 94 valence electrons. The molecule has 2 N–H and O–H groups in total. The molecule has 6 nitrogen and oxygen atoms in total. The number of rotatable bonds is 6. The van der Waals surface area contributed by atoms with Gasteiger partial charge >= 0.3 is 5.97 Å². The van der Waals surface area contributed by atoms with Gasteiger partial charge in [-0.2, -0.15) is 0 Å². The second-order valence-corrected chi connectivity index (χ2v) is 3.61. The van der Waals surface area contributed by atoms with Crippen LogP contribution < -0.4 is 10.9 Å². The minimum atomic E-state index is -0.394. The van der Waals surface area contributed by atoms with E-state index in [9.17, 15) is 9.59 Å². The van der Waals surface area contributed by atoms with Gasteiger partial charge in [-0.15, -0.1) is 0 Å². The predicted octanol–water partition coefficient (Wildman–Crippen LogP) is 1.18. The summed E-state index contributed by atoms with van der Waals surface area (Å²) in [5.74, 6) is 0.0820. The standard InChI is InChI=1S/C10H14ClN3O3/c1-2-17-7(15)4-3-5-12-9-8(11)10(16)14-6-13-9/h6H,2-5H2,1H3,(H2,12,13,14,16). The number of carbonyl (C=O) groups is 1. The maximum absolute atomic E-state index is 11.1. The first kappa shape index (κ1) is 13.5. The Morgan fingerprint density at radius 3 is 3.12 bits per heavy atom. The summed E-state index contributed by atoms with van der Waals surface area (Å²) in [7, 11) is 0. The van der Waals surface area contributed by atoms with Gasteiger partial charge in [0.05, 0.1) is 12.9 Å². The number of anilines is 1. The Labute approximate surface area is 103 Å². The molecule has 0 radical (unpaired) electrons. The van der Waals surface area contributed by atoms with E-state index in [1.54, 1.807) is 6.92 Å². The van der Waals surface area contributed by atoms with Crippen LogP contribution in [-0.2, 0) is 9.53 Å². The first-order valence-electron chi connectivity index (χ1n) is 5.27. The highest BCUT2D eigenvalue weighted by molar-refractivity contribution is 6.32. The summed E-state index contributed by atoms with van der Waals surface area (Å²) in [6.45, 7) is 2.64. The SMILES string of the molecule is CCOC(=O)CCCNc1nc[nH]c(=O)c1Cl. The van der Waals surface area contributed by atoms with Gasteiger partial charge < -0.3 is 15.0 Å². The van der Waals surface area contributed by atoms with E-state index in [2.05, 4.69) is 15.3 Å². The third-order valence-corrected chi connectivity index (χ3v) is 2.30. The molecule has 1 aromatic rings. The molecule has 0 atom stereocenters. The number of hydrogen-bond acceptors (Lipinski definition) is 5. The molecule has 1 aromatic heterocycles. The molecule has 0 aliphatic rings. The van der Waals surface area contributed by atoms with Crippen molar-refractivity contribution in [3.8, 4) is 0 Å². The fourth-order valence-corrected chi connectivity index (χ4v) is 1.35. The van der Waals surface area contributed by atoms with Gasteiger partial charge in [0, 0.05) is 13.0 Å². The maximum atomic E-state index is 11.1. The van der Waals surface area contributed by atoms with Gasteiger partial charge in [0.1, 0.15) is 5.02 Å². The minimum Gasteiger partial charge on any atom is -0.466 e. The average molecular weight is 260 g/mol. The van der Waals surface area contributed by atoms with Crippen LogP contribution in [0.2, 0.25) is 5.02 Å². The molecule has 0 fully saturated rings. The summed E-state index contributed by atoms with van der Waals surface area (Å²) in [6.07, 6.45) is 2.17. The highest BCUT2D eigenvalue weighted by atomic mass is 35.5. The third-order valence-electron chi connectivity index (χ3n) is 1.95. The topological polar surface area (TPSA) is 84.1 Å². The van der Waals surface area contributed by atoms with Crippen molar-refractivity contribution in [1.29, 1.82) is 0 Å². The molecule has 0 aliphatic carbocycles. The number of carbonyl (C=O) groups excluding carboxylic acids is 1. The number of hydrogen-bond donors (Lipinski definition) is 2.